The zero-order valence-corrected chi connectivity index (χ0v) is 11.8. The Morgan fingerprint density at radius 2 is 1.94 bits per heavy atom. The van der Waals surface area contributed by atoms with E-state index in [1.54, 1.807) is 0 Å². The van der Waals surface area contributed by atoms with Gasteiger partial charge in [-0.2, -0.15) is 0 Å². The van der Waals surface area contributed by atoms with Crippen LogP contribution in [0.2, 0.25) is 0 Å². The van der Waals surface area contributed by atoms with Gasteiger partial charge in [0.2, 0.25) is 5.96 Å². The Labute approximate surface area is 105 Å². The lowest BCUT2D eigenvalue weighted by atomic mass is 10.1. The molecule has 4 N–H and O–H groups in total. The molecule has 0 aromatic heterocycles. The first kappa shape index (κ1) is 16.2. The van der Waals surface area contributed by atoms with E-state index in [9.17, 15) is 0 Å². The molecule has 17 heavy (non-hydrogen) atoms. The van der Waals surface area contributed by atoms with E-state index in [0.29, 0.717) is 24.4 Å². The molecule has 0 bridgehead atoms. The van der Waals surface area contributed by atoms with Crippen molar-refractivity contribution in [1.29, 1.82) is 0 Å². The first-order valence-electron chi connectivity index (χ1n) is 6.36. The quantitative estimate of drug-likeness (QED) is 0.271. The molecule has 0 saturated heterocycles. The van der Waals surface area contributed by atoms with Gasteiger partial charge in [0, 0.05) is 13.2 Å². The van der Waals surface area contributed by atoms with Crippen molar-refractivity contribution in [2.75, 3.05) is 19.8 Å². The highest BCUT2D eigenvalue weighted by atomic mass is 16.5. The standard InChI is InChI=1S/C12H28N4O/c1-6-17-8-11(10(4)5)15-12(16-13)14-7-9(2)3/h9-11H,6-8,13H2,1-5H3,(H2,14,15,16). The van der Waals surface area contributed by atoms with Gasteiger partial charge in [0.15, 0.2) is 0 Å². The average molecular weight is 244 g/mol. The van der Waals surface area contributed by atoms with Crippen LogP contribution in [0.1, 0.15) is 34.6 Å². The molecule has 5 nitrogen and oxygen atoms in total. The van der Waals surface area contributed by atoms with E-state index in [1.807, 2.05) is 6.92 Å². The number of guanidine groups is 1. The third-order valence-electron chi connectivity index (χ3n) is 2.38. The van der Waals surface area contributed by atoms with Crippen LogP contribution >= 0.6 is 0 Å². The van der Waals surface area contributed by atoms with E-state index in [-0.39, 0.29) is 6.04 Å². The zero-order valence-electron chi connectivity index (χ0n) is 11.8. The fourth-order valence-corrected chi connectivity index (χ4v) is 1.23. The number of hydrogen-bond donors (Lipinski definition) is 3. The topological polar surface area (TPSA) is 71.7 Å². The van der Waals surface area contributed by atoms with Gasteiger partial charge in [0.05, 0.1) is 12.6 Å². The highest BCUT2D eigenvalue weighted by Gasteiger charge is 2.14. The van der Waals surface area contributed by atoms with Gasteiger partial charge in [-0.1, -0.05) is 27.7 Å². The number of hydrogen-bond acceptors (Lipinski definition) is 3. The number of nitrogens with one attached hydrogen (secondary N) is 2. The summed E-state index contributed by atoms with van der Waals surface area (Å²) in [4.78, 5) is 4.39. The Morgan fingerprint density at radius 3 is 2.35 bits per heavy atom. The third kappa shape index (κ3) is 7.99. The van der Waals surface area contributed by atoms with Crippen LogP contribution in [0.3, 0.4) is 0 Å². The van der Waals surface area contributed by atoms with Crippen LogP contribution in [0, 0.1) is 11.8 Å². The molecule has 0 aliphatic carbocycles. The lowest BCUT2D eigenvalue weighted by molar-refractivity contribution is 0.115. The van der Waals surface area contributed by atoms with E-state index < -0.39 is 0 Å². The van der Waals surface area contributed by atoms with Gasteiger partial charge < -0.3 is 10.1 Å². The predicted octanol–water partition coefficient (Wildman–Crippen LogP) is 1.11. The second kappa shape index (κ2) is 9.24. The van der Waals surface area contributed by atoms with Crippen molar-refractivity contribution in [2.24, 2.45) is 22.7 Å². The van der Waals surface area contributed by atoms with Crippen molar-refractivity contribution in [1.82, 2.24) is 10.7 Å². The van der Waals surface area contributed by atoms with Crippen LogP contribution in [0.25, 0.3) is 0 Å². The predicted molar refractivity (Wildman–Crippen MR) is 72.7 cm³/mol. The van der Waals surface area contributed by atoms with Crippen LogP contribution in [0.5, 0.6) is 0 Å². The Hall–Kier alpha value is -0.810. The Kier molecular flexibility index (Phi) is 8.80. The molecule has 0 radical (unpaired) electrons. The van der Waals surface area contributed by atoms with Crippen LogP contribution < -0.4 is 16.6 Å². The molecule has 1 unspecified atom stereocenters. The van der Waals surface area contributed by atoms with Gasteiger partial charge in [-0.25, -0.2) is 5.84 Å². The largest absolute Gasteiger partial charge is 0.380 e. The second-order valence-electron chi connectivity index (χ2n) is 4.88. The maximum Gasteiger partial charge on any atom is 0.206 e. The lowest BCUT2D eigenvalue weighted by Crippen LogP contribution is -2.50. The van der Waals surface area contributed by atoms with Gasteiger partial charge in [-0.15, -0.1) is 0 Å². The fourth-order valence-electron chi connectivity index (χ4n) is 1.23. The van der Waals surface area contributed by atoms with Crippen molar-refractivity contribution in [3.8, 4) is 0 Å². The normalized spacial score (nSPS) is 14.2. The van der Waals surface area contributed by atoms with Crippen LogP contribution in [-0.4, -0.2) is 31.8 Å². The Balaban J connectivity index is 4.32. The first-order chi connectivity index (χ1) is 8.01. The van der Waals surface area contributed by atoms with Crippen molar-refractivity contribution in [2.45, 2.75) is 40.7 Å². The summed E-state index contributed by atoms with van der Waals surface area (Å²) in [6.07, 6.45) is 0. The van der Waals surface area contributed by atoms with Crippen molar-refractivity contribution < 1.29 is 4.74 Å². The molecular weight excluding hydrogens is 216 g/mol. The fraction of sp³-hybridized carbons (Fsp3) is 0.917. The molecular formula is C12H28N4O. The second-order valence-corrected chi connectivity index (χ2v) is 4.88. The number of nitrogens with two attached hydrogens (primary N) is 1. The smallest absolute Gasteiger partial charge is 0.206 e. The van der Waals surface area contributed by atoms with Crippen LogP contribution in [0.15, 0.2) is 4.99 Å². The summed E-state index contributed by atoms with van der Waals surface area (Å²) in [5, 5.41) is 3.28. The minimum Gasteiger partial charge on any atom is -0.380 e. The van der Waals surface area contributed by atoms with Crippen molar-refractivity contribution in [3.63, 3.8) is 0 Å². The summed E-state index contributed by atoms with van der Waals surface area (Å²) >= 11 is 0. The van der Waals surface area contributed by atoms with Crippen LogP contribution in [0.4, 0.5) is 0 Å². The highest BCUT2D eigenvalue weighted by molar-refractivity contribution is 5.79. The minimum atomic E-state index is 0.219. The van der Waals surface area contributed by atoms with Crippen LogP contribution in [-0.2, 0) is 4.74 Å². The molecule has 0 aliphatic rings. The van der Waals surface area contributed by atoms with E-state index in [2.05, 4.69) is 43.4 Å². The molecule has 0 rings (SSSR count). The van der Waals surface area contributed by atoms with Gasteiger partial charge >= 0.3 is 0 Å². The summed E-state index contributed by atoms with van der Waals surface area (Å²) in [7, 11) is 0. The molecule has 1 atom stereocenters. The average Bonchev–Trinajstić information content (AvgIpc) is 2.27. The number of nitrogens with zero attached hydrogens (tertiary/aromatic N) is 1. The minimum absolute atomic E-state index is 0.219. The molecule has 0 heterocycles. The molecule has 0 aliphatic heterocycles. The maximum absolute atomic E-state index is 5.45. The first-order valence-corrected chi connectivity index (χ1v) is 6.36. The van der Waals surface area contributed by atoms with Gasteiger partial charge in [-0.3, -0.25) is 10.4 Å². The van der Waals surface area contributed by atoms with E-state index >= 15 is 0 Å². The highest BCUT2D eigenvalue weighted by Crippen LogP contribution is 2.02. The molecule has 102 valence electrons. The molecule has 0 saturated carbocycles. The van der Waals surface area contributed by atoms with Gasteiger partial charge in [0.1, 0.15) is 0 Å². The molecule has 5 heteroatoms. The van der Waals surface area contributed by atoms with E-state index in [0.717, 1.165) is 13.2 Å². The zero-order chi connectivity index (χ0) is 13.3. The van der Waals surface area contributed by atoms with Crippen molar-refractivity contribution >= 4 is 5.96 Å². The van der Waals surface area contributed by atoms with Gasteiger partial charge in [0.25, 0.3) is 0 Å². The Bertz CT molecular complexity index is 217. The molecule has 0 amide bonds. The summed E-state index contributed by atoms with van der Waals surface area (Å²) in [6, 6.07) is 0.219. The number of rotatable bonds is 7. The summed E-state index contributed by atoms with van der Waals surface area (Å²) in [5.41, 5.74) is 2.60. The summed E-state index contributed by atoms with van der Waals surface area (Å²) in [6.45, 7) is 12.7. The summed E-state index contributed by atoms with van der Waals surface area (Å²) in [5.74, 6) is 7.06. The van der Waals surface area contributed by atoms with E-state index in [4.69, 9.17) is 10.6 Å². The SMILES string of the molecule is CCOCC(NC(=NCC(C)C)NN)C(C)C. The molecule has 0 aromatic rings. The van der Waals surface area contributed by atoms with Crippen molar-refractivity contribution in [3.05, 3.63) is 0 Å². The number of hydrazine groups is 1. The summed E-state index contributed by atoms with van der Waals surface area (Å²) < 4.78 is 5.44. The van der Waals surface area contributed by atoms with E-state index in [1.165, 1.54) is 0 Å². The molecule has 0 aromatic carbocycles. The molecule has 0 fully saturated rings. The third-order valence-corrected chi connectivity index (χ3v) is 2.38. The maximum atomic E-state index is 5.45. The number of ether oxygens (including phenoxy) is 1. The molecule has 0 spiro atoms. The number of aliphatic imine (C=N–C) groups is 1. The van der Waals surface area contributed by atoms with Gasteiger partial charge in [-0.05, 0) is 18.8 Å². The monoisotopic (exact) mass is 244 g/mol. The Morgan fingerprint density at radius 1 is 1.29 bits per heavy atom. The lowest BCUT2D eigenvalue weighted by Gasteiger charge is -2.23.